The van der Waals surface area contributed by atoms with E-state index >= 15 is 0 Å². The van der Waals surface area contributed by atoms with E-state index < -0.39 is 0 Å². The minimum Gasteiger partial charge on any atom is -0.338 e. The van der Waals surface area contributed by atoms with Gasteiger partial charge in [-0.05, 0) is 24.3 Å². The maximum absolute atomic E-state index is 5.87. The summed E-state index contributed by atoms with van der Waals surface area (Å²) in [4.78, 5) is 8.75. The lowest BCUT2D eigenvalue weighted by atomic mass is 10.2. The predicted molar refractivity (Wildman–Crippen MR) is 84.8 cm³/mol. The van der Waals surface area contributed by atoms with Crippen LogP contribution in [0.2, 0.25) is 5.02 Å². The van der Waals surface area contributed by atoms with E-state index in [4.69, 9.17) is 16.1 Å². The highest BCUT2D eigenvalue weighted by Gasteiger charge is 2.12. The third-order valence-corrected chi connectivity index (χ3v) is 3.99. The summed E-state index contributed by atoms with van der Waals surface area (Å²) in [7, 11) is 0. The van der Waals surface area contributed by atoms with Gasteiger partial charge in [-0.15, -0.1) is 5.10 Å². The summed E-state index contributed by atoms with van der Waals surface area (Å²) in [6, 6.07) is 7.42. The van der Waals surface area contributed by atoms with Crippen molar-refractivity contribution in [3.63, 3.8) is 0 Å². The van der Waals surface area contributed by atoms with Crippen molar-refractivity contribution in [1.29, 1.82) is 0 Å². The molecule has 0 aliphatic rings. The van der Waals surface area contributed by atoms with Crippen LogP contribution in [-0.2, 0) is 5.75 Å². The number of rotatable bonds is 5. The van der Waals surface area contributed by atoms with E-state index in [1.54, 1.807) is 0 Å². The standard InChI is InChI=1S/C14H14ClN5OS/c1-8(2)12-16-11(21-20-12)7-22-14-17-13(18-19-14)9-3-5-10(15)6-4-9/h3-6,8H,7H2,1-2H3,(H,17,18,19). The van der Waals surface area contributed by atoms with Gasteiger partial charge >= 0.3 is 0 Å². The van der Waals surface area contributed by atoms with Crippen LogP contribution in [0.25, 0.3) is 11.4 Å². The van der Waals surface area contributed by atoms with Gasteiger partial charge in [0.1, 0.15) is 0 Å². The molecule has 2 aromatic heterocycles. The average Bonchev–Trinajstić information content (AvgIpc) is 3.15. The molecule has 6 nitrogen and oxygen atoms in total. The van der Waals surface area contributed by atoms with Gasteiger partial charge in [0.25, 0.3) is 0 Å². The highest BCUT2D eigenvalue weighted by molar-refractivity contribution is 7.98. The normalized spacial score (nSPS) is 11.3. The SMILES string of the molecule is CC(C)c1noc(CSc2n[nH]c(-c3ccc(Cl)cc3)n2)n1. The van der Waals surface area contributed by atoms with Crippen molar-refractivity contribution in [2.45, 2.75) is 30.7 Å². The number of nitrogens with one attached hydrogen (secondary N) is 1. The molecule has 0 bridgehead atoms. The van der Waals surface area contributed by atoms with Crippen LogP contribution in [0.1, 0.15) is 31.5 Å². The van der Waals surface area contributed by atoms with Crippen molar-refractivity contribution in [3.8, 4) is 11.4 Å². The molecule has 0 amide bonds. The lowest BCUT2D eigenvalue weighted by molar-refractivity contribution is 0.383. The Morgan fingerprint density at radius 3 is 2.68 bits per heavy atom. The molecule has 0 atom stereocenters. The van der Waals surface area contributed by atoms with Crippen molar-refractivity contribution in [2.24, 2.45) is 0 Å². The Hall–Kier alpha value is -1.86. The fourth-order valence-electron chi connectivity index (χ4n) is 1.74. The summed E-state index contributed by atoms with van der Waals surface area (Å²) >= 11 is 7.31. The van der Waals surface area contributed by atoms with Crippen molar-refractivity contribution in [1.82, 2.24) is 25.3 Å². The molecule has 0 aliphatic heterocycles. The first-order valence-electron chi connectivity index (χ1n) is 6.75. The Kier molecular flexibility index (Phi) is 4.44. The second-order valence-corrected chi connectivity index (χ2v) is 6.34. The second kappa shape index (κ2) is 6.50. The number of benzene rings is 1. The molecule has 0 radical (unpaired) electrons. The molecule has 0 unspecified atom stereocenters. The number of H-pyrrole nitrogens is 1. The van der Waals surface area contributed by atoms with Crippen LogP contribution in [0.5, 0.6) is 0 Å². The smallest absolute Gasteiger partial charge is 0.237 e. The number of hydrogen-bond acceptors (Lipinski definition) is 6. The summed E-state index contributed by atoms with van der Waals surface area (Å²) in [5, 5.41) is 12.3. The fourth-order valence-corrected chi connectivity index (χ4v) is 2.50. The highest BCUT2D eigenvalue weighted by atomic mass is 35.5. The van der Waals surface area contributed by atoms with E-state index in [1.807, 2.05) is 38.1 Å². The Morgan fingerprint density at radius 2 is 2.00 bits per heavy atom. The van der Waals surface area contributed by atoms with Gasteiger partial charge in [0, 0.05) is 16.5 Å². The number of hydrogen-bond donors (Lipinski definition) is 1. The van der Waals surface area contributed by atoms with Gasteiger partial charge in [0.15, 0.2) is 11.6 Å². The van der Waals surface area contributed by atoms with E-state index in [9.17, 15) is 0 Å². The van der Waals surface area contributed by atoms with Gasteiger partial charge < -0.3 is 4.52 Å². The zero-order valence-corrected chi connectivity index (χ0v) is 13.6. The van der Waals surface area contributed by atoms with Crippen LogP contribution in [0.15, 0.2) is 33.9 Å². The average molecular weight is 336 g/mol. The van der Waals surface area contributed by atoms with E-state index in [0.717, 1.165) is 5.56 Å². The number of halogens is 1. The largest absolute Gasteiger partial charge is 0.338 e. The Morgan fingerprint density at radius 1 is 1.23 bits per heavy atom. The van der Waals surface area contributed by atoms with E-state index in [-0.39, 0.29) is 5.92 Å². The third kappa shape index (κ3) is 3.48. The van der Waals surface area contributed by atoms with E-state index in [2.05, 4.69) is 25.3 Å². The highest BCUT2D eigenvalue weighted by Crippen LogP contribution is 2.23. The van der Waals surface area contributed by atoms with Gasteiger partial charge in [-0.25, -0.2) is 4.98 Å². The third-order valence-electron chi connectivity index (χ3n) is 2.91. The molecule has 2 heterocycles. The van der Waals surface area contributed by atoms with Crippen molar-refractivity contribution < 1.29 is 4.52 Å². The fraction of sp³-hybridized carbons (Fsp3) is 0.286. The minimum absolute atomic E-state index is 0.252. The van der Waals surface area contributed by atoms with Crippen LogP contribution in [-0.4, -0.2) is 25.3 Å². The minimum atomic E-state index is 0.252. The second-order valence-electron chi connectivity index (χ2n) is 4.96. The maximum atomic E-state index is 5.87. The Bertz CT molecular complexity index is 753. The monoisotopic (exact) mass is 335 g/mol. The molecule has 8 heteroatoms. The zero-order chi connectivity index (χ0) is 15.5. The van der Waals surface area contributed by atoms with Gasteiger partial charge in [-0.1, -0.05) is 42.4 Å². The van der Waals surface area contributed by atoms with Crippen molar-refractivity contribution >= 4 is 23.4 Å². The lowest BCUT2D eigenvalue weighted by Crippen LogP contribution is -1.90. The summed E-state index contributed by atoms with van der Waals surface area (Å²) in [5.74, 6) is 2.78. The molecule has 0 aliphatic carbocycles. The van der Waals surface area contributed by atoms with Crippen LogP contribution < -0.4 is 0 Å². The molecule has 22 heavy (non-hydrogen) atoms. The zero-order valence-electron chi connectivity index (χ0n) is 12.1. The van der Waals surface area contributed by atoms with Gasteiger partial charge in [0.05, 0.1) is 5.75 Å². The summed E-state index contributed by atoms with van der Waals surface area (Å²) < 4.78 is 5.19. The first-order chi connectivity index (χ1) is 10.6. The topological polar surface area (TPSA) is 80.5 Å². The Labute approximate surface area is 136 Å². The maximum Gasteiger partial charge on any atom is 0.237 e. The molecular weight excluding hydrogens is 322 g/mol. The van der Waals surface area contributed by atoms with Gasteiger partial charge in [-0.3, -0.25) is 5.10 Å². The number of aromatic nitrogens is 5. The molecule has 0 saturated carbocycles. The first-order valence-corrected chi connectivity index (χ1v) is 8.12. The predicted octanol–water partition coefficient (Wildman–Crippen LogP) is 3.92. The van der Waals surface area contributed by atoms with Crippen molar-refractivity contribution in [3.05, 3.63) is 41.0 Å². The van der Waals surface area contributed by atoms with E-state index in [1.165, 1.54) is 11.8 Å². The summed E-state index contributed by atoms with van der Waals surface area (Å²) in [6.07, 6.45) is 0. The molecular formula is C14H14ClN5OS. The Balaban J connectivity index is 1.65. The quantitative estimate of drug-likeness (QED) is 0.712. The van der Waals surface area contributed by atoms with Crippen LogP contribution in [0, 0.1) is 0 Å². The number of nitrogens with zero attached hydrogens (tertiary/aromatic N) is 4. The number of thioether (sulfide) groups is 1. The van der Waals surface area contributed by atoms with Gasteiger partial charge in [-0.2, -0.15) is 4.98 Å². The first kappa shape index (κ1) is 15.1. The van der Waals surface area contributed by atoms with Crippen LogP contribution in [0.4, 0.5) is 0 Å². The summed E-state index contributed by atoms with van der Waals surface area (Å²) in [5.41, 5.74) is 0.934. The van der Waals surface area contributed by atoms with Crippen LogP contribution in [0.3, 0.4) is 0 Å². The molecule has 114 valence electrons. The molecule has 1 N–H and O–H groups in total. The van der Waals surface area contributed by atoms with E-state index in [0.29, 0.717) is 33.5 Å². The molecule has 0 fully saturated rings. The molecule has 3 rings (SSSR count). The van der Waals surface area contributed by atoms with Crippen LogP contribution >= 0.6 is 23.4 Å². The van der Waals surface area contributed by atoms with Crippen molar-refractivity contribution in [2.75, 3.05) is 0 Å². The molecule has 1 aromatic carbocycles. The molecule has 0 spiro atoms. The number of aromatic amines is 1. The summed E-state index contributed by atoms with van der Waals surface area (Å²) in [6.45, 7) is 4.05. The lowest BCUT2D eigenvalue weighted by Gasteiger charge is -1.95. The van der Waals surface area contributed by atoms with Gasteiger partial charge in [0.2, 0.25) is 11.0 Å². The molecule has 3 aromatic rings. The molecule has 0 saturated heterocycles.